The van der Waals surface area contributed by atoms with Crippen LogP contribution < -0.4 is 4.74 Å². The predicted molar refractivity (Wildman–Crippen MR) is 93.2 cm³/mol. The van der Waals surface area contributed by atoms with Gasteiger partial charge in [-0.2, -0.15) is 0 Å². The van der Waals surface area contributed by atoms with E-state index in [1.807, 2.05) is 48.2 Å². The first-order valence-corrected chi connectivity index (χ1v) is 7.98. The zero-order valence-corrected chi connectivity index (χ0v) is 14.5. The van der Waals surface area contributed by atoms with Gasteiger partial charge in [0, 0.05) is 33.0 Å². The average molecular weight is 328 g/mol. The third-order valence-electron chi connectivity index (χ3n) is 3.81. The quantitative estimate of drug-likeness (QED) is 0.699. The lowest BCUT2D eigenvalue weighted by molar-refractivity contribution is 0.0717. The normalized spacial score (nSPS) is 10.5. The van der Waals surface area contributed by atoms with Crippen molar-refractivity contribution in [3.63, 3.8) is 0 Å². The number of methoxy groups -OCH3 is 2. The van der Waals surface area contributed by atoms with Crippen LogP contribution in [0.15, 0.2) is 42.6 Å². The lowest BCUT2D eigenvalue weighted by Gasteiger charge is -2.23. The Hall–Kier alpha value is -2.40. The topological polar surface area (TPSA) is 51.7 Å². The van der Waals surface area contributed by atoms with Crippen LogP contribution in [0.2, 0.25) is 0 Å². The number of hydrogen-bond acceptors (Lipinski definition) is 4. The molecule has 5 heteroatoms. The van der Waals surface area contributed by atoms with E-state index in [1.165, 1.54) is 0 Å². The van der Waals surface area contributed by atoms with E-state index in [0.29, 0.717) is 25.4 Å². The van der Waals surface area contributed by atoms with Crippen LogP contribution in [0.25, 0.3) is 0 Å². The standard InChI is InChI=1S/C19H24N2O3/c1-15-6-4-11-20-18(15)19(22)21(12-5-13-23-2)14-16-7-9-17(24-3)10-8-16/h4,6-11H,5,12-14H2,1-3H3. The summed E-state index contributed by atoms with van der Waals surface area (Å²) < 4.78 is 10.3. The molecule has 2 rings (SSSR count). The molecule has 0 unspecified atom stereocenters. The largest absolute Gasteiger partial charge is 0.497 e. The molecule has 5 nitrogen and oxygen atoms in total. The minimum absolute atomic E-state index is 0.0555. The van der Waals surface area contributed by atoms with Gasteiger partial charge >= 0.3 is 0 Å². The lowest BCUT2D eigenvalue weighted by Crippen LogP contribution is -2.33. The summed E-state index contributed by atoms with van der Waals surface area (Å²) >= 11 is 0. The van der Waals surface area contributed by atoms with Crippen molar-refractivity contribution >= 4 is 5.91 Å². The van der Waals surface area contributed by atoms with Crippen LogP contribution in [-0.2, 0) is 11.3 Å². The predicted octanol–water partition coefficient (Wildman–Crippen LogP) is 3.08. The highest BCUT2D eigenvalue weighted by atomic mass is 16.5. The van der Waals surface area contributed by atoms with Crippen LogP contribution in [-0.4, -0.2) is 43.2 Å². The van der Waals surface area contributed by atoms with Crippen molar-refractivity contribution in [3.8, 4) is 5.75 Å². The number of benzene rings is 1. The van der Waals surface area contributed by atoms with Crippen LogP contribution >= 0.6 is 0 Å². The number of pyridine rings is 1. The SMILES string of the molecule is COCCCN(Cc1ccc(OC)cc1)C(=O)c1ncccc1C. The monoisotopic (exact) mass is 328 g/mol. The number of ether oxygens (including phenoxy) is 2. The van der Waals surface area contributed by atoms with E-state index in [0.717, 1.165) is 23.3 Å². The van der Waals surface area contributed by atoms with Crippen molar-refractivity contribution in [3.05, 3.63) is 59.4 Å². The number of rotatable bonds is 8. The van der Waals surface area contributed by atoms with Crippen molar-refractivity contribution in [1.29, 1.82) is 0 Å². The summed E-state index contributed by atoms with van der Waals surface area (Å²) in [5.41, 5.74) is 2.44. The van der Waals surface area contributed by atoms with Crippen LogP contribution in [0.3, 0.4) is 0 Å². The maximum absolute atomic E-state index is 12.9. The first kappa shape index (κ1) is 17.9. The van der Waals surface area contributed by atoms with E-state index in [9.17, 15) is 4.79 Å². The Balaban J connectivity index is 2.16. The van der Waals surface area contributed by atoms with Gasteiger partial charge in [0.2, 0.25) is 0 Å². The molecule has 0 spiro atoms. The minimum atomic E-state index is -0.0555. The summed E-state index contributed by atoms with van der Waals surface area (Å²) in [6.45, 7) is 3.67. The first-order valence-electron chi connectivity index (χ1n) is 7.98. The number of carbonyl (C=O) groups excluding carboxylic acids is 1. The highest BCUT2D eigenvalue weighted by Crippen LogP contribution is 2.15. The maximum Gasteiger partial charge on any atom is 0.273 e. The van der Waals surface area contributed by atoms with Crippen LogP contribution in [0.1, 0.15) is 28.0 Å². The zero-order chi connectivity index (χ0) is 17.4. The molecule has 0 bridgehead atoms. The van der Waals surface area contributed by atoms with Crippen LogP contribution in [0.5, 0.6) is 5.75 Å². The van der Waals surface area contributed by atoms with Gasteiger partial charge in [0.15, 0.2) is 0 Å². The molecule has 24 heavy (non-hydrogen) atoms. The Morgan fingerprint density at radius 3 is 2.54 bits per heavy atom. The summed E-state index contributed by atoms with van der Waals surface area (Å²) in [6.07, 6.45) is 2.44. The van der Waals surface area contributed by atoms with Gasteiger partial charge < -0.3 is 14.4 Å². The minimum Gasteiger partial charge on any atom is -0.497 e. The van der Waals surface area contributed by atoms with Crippen LogP contribution in [0.4, 0.5) is 0 Å². The number of aryl methyl sites for hydroxylation is 1. The van der Waals surface area contributed by atoms with Crippen molar-refractivity contribution in [2.45, 2.75) is 19.9 Å². The van der Waals surface area contributed by atoms with Gasteiger partial charge in [-0.05, 0) is 42.7 Å². The number of amides is 1. The van der Waals surface area contributed by atoms with Gasteiger partial charge in [0.25, 0.3) is 5.91 Å². The van der Waals surface area contributed by atoms with E-state index in [1.54, 1.807) is 20.4 Å². The smallest absolute Gasteiger partial charge is 0.273 e. The number of hydrogen-bond donors (Lipinski definition) is 0. The highest BCUT2D eigenvalue weighted by Gasteiger charge is 2.19. The highest BCUT2D eigenvalue weighted by molar-refractivity contribution is 5.93. The van der Waals surface area contributed by atoms with Crippen LogP contribution in [0, 0.1) is 6.92 Å². The molecular formula is C19H24N2O3. The van der Waals surface area contributed by atoms with E-state index in [4.69, 9.17) is 9.47 Å². The Kier molecular flexibility index (Phi) is 6.75. The fourth-order valence-electron chi connectivity index (χ4n) is 2.46. The second kappa shape index (κ2) is 9.03. The summed E-state index contributed by atoms with van der Waals surface area (Å²) in [7, 11) is 3.30. The Bertz CT molecular complexity index is 656. The molecule has 0 aliphatic rings. The van der Waals surface area contributed by atoms with Crippen molar-refractivity contribution in [2.75, 3.05) is 27.4 Å². The molecule has 1 amide bonds. The molecule has 2 aromatic rings. The maximum atomic E-state index is 12.9. The molecule has 1 aromatic carbocycles. The molecule has 1 aromatic heterocycles. The van der Waals surface area contributed by atoms with Gasteiger partial charge in [-0.3, -0.25) is 9.78 Å². The Morgan fingerprint density at radius 2 is 1.92 bits per heavy atom. The van der Waals surface area contributed by atoms with Gasteiger partial charge in [-0.15, -0.1) is 0 Å². The Morgan fingerprint density at radius 1 is 1.17 bits per heavy atom. The molecule has 128 valence electrons. The molecule has 0 saturated carbocycles. The van der Waals surface area contributed by atoms with Crippen molar-refractivity contribution in [1.82, 2.24) is 9.88 Å². The van der Waals surface area contributed by atoms with Gasteiger partial charge in [-0.25, -0.2) is 0 Å². The van der Waals surface area contributed by atoms with Gasteiger partial charge in [0.05, 0.1) is 7.11 Å². The summed E-state index contributed by atoms with van der Waals surface area (Å²) in [6, 6.07) is 11.5. The molecule has 0 atom stereocenters. The molecule has 0 aliphatic carbocycles. The van der Waals surface area contributed by atoms with Gasteiger partial charge in [0.1, 0.15) is 11.4 Å². The molecular weight excluding hydrogens is 304 g/mol. The van der Waals surface area contributed by atoms with E-state index < -0.39 is 0 Å². The average Bonchev–Trinajstić information content (AvgIpc) is 2.61. The lowest BCUT2D eigenvalue weighted by atomic mass is 10.1. The molecule has 0 aliphatic heterocycles. The third-order valence-corrected chi connectivity index (χ3v) is 3.81. The number of carbonyl (C=O) groups is 1. The van der Waals surface area contributed by atoms with Gasteiger partial charge in [-0.1, -0.05) is 18.2 Å². The fraction of sp³-hybridized carbons (Fsp3) is 0.368. The van der Waals surface area contributed by atoms with E-state index in [2.05, 4.69) is 4.98 Å². The molecule has 1 heterocycles. The third kappa shape index (κ3) is 4.80. The Labute approximate surface area is 143 Å². The number of aromatic nitrogens is 1. The number of nitrogens with zero attached hydrogens (tertiary/aromatic N) is 2. The summed E-state index contributed by atoms with van der Waals surface area (Å²) in [4.78, 5) is 19.0. The van der Waals surface area contributed by atoms with Crippen molar-refractivity contribution < 1.29 is 14.3 Å². The van der Waals surface area contributed by atoms with Crippen molar-refractivity contribution in [2.24, 2.45) is 0 Å². The second-order valence-electron chi connectivity index (χ2n) is 5.59. The molecule has 0 saturated heterocycles. The fourth-order valence-corrected chi connectivity index (χ4v) is 2.46. The molecule has 0 N–H and O–H groups in total. The second-order valence-corrected chi connectivity index (χ2v) is 5.59. The molecule has 0 radical (unpaired) electrons. The summed E-state index contributed by atoms with van der Waals surface area (Å²) in [5, 5.41) is 0. The van der Waals surface area contributed by atoms with E-state index in [-0.39, 0.29) is 5.91 Å². The first-order chi connectivity index (χ1) is 11.7. The zero-order valence-electron chi connectivity index (χ0n) is 14.5. The molecule has 0 fully saturated rings. The van der Waals surface area contributed by atoms with E-state index >= 15 is 0 Å². The summed E-state index contributed by atoms with van der Waals surface area (Å²) in [5.74, 6) is 0.747.